The van der Waals surface area contributed by atoms with E-state index in [-0.39, 0.29) is 23.1 Å². The molecule has 0 radical (unpaired) electrons. The second kappa shape index (κ2) is 12.1. The van der Waals surface area contributed by atoms with Crippen LogP contribution in [-0.4, -0.2) is 11.4 Å². The number of hydrogen-bond donors (Lipinski definition) is 0. The fourth-order valence-electron chi connectivity index (χ4n) is 12.1. The van der Waals surface area contributed by atoms with Crippen LogP contribution in [0.4, 0.5) is 11.4 Å². The molecule has 0 saturated heterocycles. The van der Waals surface area contributed by atoms with E-state index in [0.717, 1.165) is 0 Å². The van der Waals surface area contributed by atoms with Crippen LogP contribution >= 0.6 is 22.7 Å². The Morgan fingerprint density at radius 2 is 1.20 bits per heavy atom. The second-order valence-electron chi connectivity index (χ2n) is 21.3. The number of rotatable bonds is 1. The van der Waals surface area contributed by atoms with Crippen molar-refractivity contribution in [2.45, 2.75) is 71.6 Å². The highest BCUT2D eigenvalue weighted by Gasteiger charge is 2.47. The van der Waals surface area contributed by atoms with Gasteiger partial charge in [-0.2, -0.15) is 0 Å². The topological polar surface area (TPSA) is 8.17 Å². The maximum Gasteiger partial charge on any atom is 0.333 e. The third-order valence-electron chi connectivity index (χ3n) is 15.3. The number of aromatic nitrogens is 1. The molecular formula is C59H47BN2S2. The van der Waals surface area contributed by atoms with E-state index < -0.39 is 0 Å². The first-order chi connectivity index (χ1) is 30.8. The first-order valence-corrected chi connectivity index (χ1v) is 24.5. The summed E-state index contributed by atoms with van der Waals surface area (Å²) in [4.78, 5) is 2.75. The smallest absolute Gasteiger partial charge is 0.333 e. The van der Waals surface area contributed by atoms with Crippen molar-refractivity contribution in [1.82, 2.24) is 4.57 Å². The predicted octanol–water partition coefficient (Wildman–Crippen LogP) is 15.7. The lowest BCUT2D eigenvalue weighted by Gasteiger charge is -2.43. The molecule has 2 nitrogen and oxygen atoms in total. The quantitative estimate of drug-likeness (QED) is 0.149. The van der Waals surface area contributed by atoms with Crippen LogP contribution in [0.15, 0.2) is 140 Å². The summed E-state index contributed by atoms with van der Waals surface area (Å²) in [6, 6.07) is 54.6. The predicted molar refractivity (Wildman–Crippen MR) is 281 cm³/mol. The average Bonchev–Trinajstić information content (AvgIpc) is 4.01. The molecule has 0 amide bonds. The summed E-state index contributed by atoms with van der Waals surface area (Å²) in [7, 11) is 0. The SMILES string of the molecule is CC(C)(C)c1ccc(N2B3c4cc5sc6ccccc6c5cc4-n4c5ccc(C(C)(C)C)cc5c5c6sc7ccccc7c6c(c3c54)-c3cc4c(cc32)-c2ccccc2C4(C)C)cc1. The summed E-state index contributed by atoms with van der Waals surface area (Å²) >= 11 is 3.91. The molecule has 1 aliphatic carbocycles. The van der Waals surface area contributed by atoms with E-state index in [9.17, 15) is 0 Å². The van der Waals surface area contributed by atoms with Gasteiger partial charge in [0.25, 0.3) is 0 Å². The number of anilines is 2. The highest BCUT2D eigenvalue weighted by Crippen LogP contribution is 2.57. The molecule has 5 heteroatoms. The molecule has 0 fully saturated rings. The molecule has 0 spiro atoms. The molecule has 308 valence electrons. The Bertz CT molecular complexity index is 3900. The van der Waals surface area contributed by atoms with Crippen molar-refractivity contribution in [2.75, 3.05) is 4.81 Å². The van der Waals surface area contributed by atoms with Crippen LogP contribution in [0.25, 0.3) is 90.1 Å². The molecule has 0 N–H and O–H groups in total. The number of fused-ring (bicyclic) bond motifs is 19. The Hall–Kier alpha value is -6.14. The Kier molecular flexibility index (Phi) is 7.07. The van der Waals surface area contributed by atoms with Gasteiger partial charge in [0.1, 0.15) is 0 Å². The Labute approximate surface area is 382 Å². The van der Waals surface area contributed by atoms with Gasteiger partial charge in [0, 0.05) is 79.2 Å². The van der Waals surface area contributed by atoms with Crippen molar-refractivity contribution in [3.8, 4) is 27.9 Å². The lowest BCUT2D eigenvalue weighted by Crippen LogP contribution is -2.60. The zero-order valence-corrected chi connectivity index (χ0v) is 39.2. The molecule has 3 aromatic heterocycles. The van der Waals surface area contributed by atoms with Crippen LogP contribution in [0.5, 0.6) is 0 Å². The van der Waals surface area contributed by atoms with Gasteiger partial charge in [-0.05, 0) is 121 Å². The summed E-state index contributed by atoms with van der Waals surface area (Å²) < 4.78 is 8.11. The number of hydrogen-bond acceptors (Lipinski definition) is 3. The Morgan fingerprint density at radius 1 is 0.516 bits per heavy atom. The maximum atomic E-state index is 2.75. The number of benzene rings is 8. The van der Waals surface area contributed by atoms with Gasteiger partial charge in [-0.25, -0.2) is 0 Å². The molecule has 14 rings (SSSR count). The summed E-state index contributed by atoms with van der Waals surface area (Å²) in [5, 5.41) is 8.16. The van der Waals surface area contributed by atoms with Crippen molar-refractivity contribution in [2.24, 2.45) is 0 Å². The molecule has 2 aliphatic heterocycles. The third kappa shape index (κ3) is 4.66. The van der Waals surface area contributed by atoms with E-state index in [4.69, 9.17) is 0 Å². The van der Waals surface area contributed by atoms with Crippen LogP contribution in [0, 0.1) is 0 Å². The van der Waals surface area contributed by atoms with Gasteiger partial charge in [0.2, 0.25) is 0 Å². The standard InChI is InChI=1S/C59H47BN2S2/c1-57(2,3)32-21-24-34(25-22-32)62-46-29-38-35-15-9-12-18-42(35)59(7,8)43(38)28-41(46)51-52-37-17-11-14-20-49(37)64-56(52)53-40-27-33(58(4,5)6)23-26-45(40)61-47-30-39-36-16-10-13-19-48(36)63-50(39)31-44(47)60(62)54(51)55(53)61/h9-31H,1-8H3. The zero-order valence-electron chi connectivity index (χ0n) is 37.6. The van der Waals surface area contributed by atoms with Crippen molar-refractivity contribution in [3.05, 3.63) is 162 Å². The second-order valence-corrected chi connectivity index (χ2v) is 23.4. The van der Waals surface area contributed by atoms with Gasteiger partial charge < -0.3 is 9.38 Å². The van der Waals surface area contributed by atoms with Gasteiger partial charge >= 0.3 is 6.85 Å². The molecule has 11 aromatic rings. The normalized spacial score (nSPS) is 14.9. The van der Waals surface area contributed by atoms with E-state index in [1.54, 1.807) is 0 Å². The lowest BCUT2D eigenvalue weighted by atomic mass is 9.43. The molecule has 3 aliphatic rings. The van der Waals surface area contributed by atoms with Crippen molar-refractivity contribution >= 4 is 114 Å². The van der Waals surface area contributed by atoms with Crippen LogP contribution < -0.4 is 15.7 Å². The van der Waals surface area contributed by atoms with Crippen LogP contribution in [0.3, 0.4) is 0 Å². The van der Waals surface area contributed by atoms with E-state index in [2.05, 4.69) is 204 Å². The lowest BCUT2D eigenvalue weighted by molar-refractivity contribution is 0.590. The fraction of sp³-hybridized carbons (Fsp3) is 0.186. The van der Waals surface area contributed by atoms with Crippen LogP contribution in [-0.2, 0) is 16.2 Å². The molecular weight excluding hydrogens is 812 g/mol. The molecule has 0 bridgehead atoms. The van der Waals surface area contributed by atoms with Crippen LogP contribution in [0.2, 0.25) is 0 Å². The van der Waals surface area contributed by atoms with Crippen molar-refractivity contribution in [1.29, 1.82) is 0 Å². The third-order valence-corrected chi connectivity index (χ3v) is 17.6. The molecule has 0 unspecified atom stereocenters. The molecule has 0 saturated carbocycles. The number of thiophene rings is 2. The van der Waals surface area contributed by atoms with Gasteiger partial charge in [0.05, 0.1) is 11.0 Å². The summed E-state index contributed by atoms with van der Waals surface area (Å²) in [5.74, 6) is 0. The highest BCUT2D eigenvalue weighted by atomic mass is 32.1. The average molecular weight is 859 g/mol. The van der Waals surface area contributed by atoms with Crippen molar-refractivity contribution < 1.29 is 0 Å². The molecule has 5 heterocycles. The maximum absolute atomic E-state index is 2.75. The van der Waals surface area contributed by atoms with E-state index in [0.29, 0.717) is 0 Å². The fourth-order valence-corrected chi connectivity index (χ4v) is 14.5. The Morgan fingerprint density at radius 3 is 1.97 bits per heavy atom. The summed E-state index contributed by atoms with van der Waals surface area (Å²) in [5.41, 5.74) is 20.1. The van der Waals surface area contributed by atoms with Gasteiger partial charge in [-0.3, -0.25) is 0 Å². The molecule has 0 atom stereocenters. The molecule has 8 aromatic carbocycles. The summed E-state index contributed by atoms with van der Waals surface area (Å²) in [6.45, 7) is 18.8. The van der Waals surface area contributed by atoms with Crippen LogP contribution in [0.1, 0.15) is 77.6 Å². The Balaban J connectivity index is 1.23. The minimum Gasteiger partial charge on any atom is -0.376 e. The monoisotopic (exact) mass is 858 g/mol. The summed E-state index contributed by atoms with van der Waals surface area (Å²) in [6.07, 6.45) is 0. The minimum atomic E-state index is -0.147. The highest BCUT2D eigenvalue weighted by molar-refractivity contribution is 7.27. The van der Waals surface area contributed by atoms with E-state index in [1.807, 2.05) is 22.7 Å². The van der Waals surface area contributed by atoms with Crippen molar-refractivity contribution in [3.63, 3.8) is 0 Å². The largest absolute Gasteiger partial charge is 0.376 e. The van der Waals surface area contributed by atoms with E-state index >= 15 is 0 Å². The number of nitrogens with zero attached hydrogens (tertiary/aromatic N) is 2. The van der Waals surface area contributed by atoms with Gasteiger partial charge in [-0.15, -0.1) is 22.7 Å². The van der Waals surface area contributed by atoms with Gasteiger partial charge in [-0.1, -0.05) is 134 Å². The minimum absolute atomic E-state index is 0.00179. The molecule has 64 heavy (non-hydrogen) atoms. The zero-order chi connectivity index (χ0) is 43.3. The van der Waals surface area contributed by atoms with Gasteiger partial charge in [0.15, 0.2) is 0 Å². The first kappa shape index (κ1) is 37.3. The first-order valence-electron chi connectivity index (χ1n) is 22.9. The van der Waals surface area contributed by atoms with E-state index in [1.165, 1.54) is 135 Å².